The topological polar surface area (TPSA) is 53.6 Å². The van der Waals surface area contributed by atoms with Crippen molar-refractivity contribution in [3.05, 3.63) is 0 Å². The summed E-state index contributed by atoms with van der Waals surface area (Å²) < 4.78 is 5.37. The Balaban J connectivity index is 3.22. The van der Waals surface area contributed by atoms with Crippen LogP contribution < -0.4 is 10.6 Å². The minimum atomic E-state index is 0.0781. The first-order valence-corrected chi connectivity index (χ1v) is 6.25. The normalized spacial score (nSPS) is 11.2. The van der Waals surface area contributed by atoms with Gasteiger partial charge in [-0.3, -0.25) is 4.79 Å². The number of hydrogen-bond acceptors (Lipinski definition) is 4. The van der Waals surface area contributed by atoms with Crippen LogP contribution in [0.4, 0.5) is 0 Å². The molecule has 0 aliphatic carbocycles. The fraction of sp³-hybridized carbons (Fsp3) is 0.917. The first kappa shape index (κ1) is 16.4. The number of nitrogens with one attached hydrogen (secondary N) is 2. The van der Waals surface area contributed by atoms with Gasteiger partial charge in [-0.25, -0.2) is 0 Å². The quantitative estimate of drug-likeness (QED) is 0.535. The molecule has 0 rings (SSSR count). The van der Waals surface area contributed by atoms with Crippen molar-refractivity contribution >= 4 is 5.91 Å². The second-order valence-electron chi connectivity index (χ2n) is 4.62. The lowest BCUT2D eigenvalue weighted by Crippen LogP contribution is -2.32. The Morgan fingerprint density at radius 2 is 1.94 bits per heavy atom. The van der Waals surface area contributed by atoms with Crippen molar-refractivity contribution in [2.45, 2.75) is 26.3 Å². The third kappa shape index (κ3) is 13.3. The molecule has 0 radical (unpaired) electrons. The summed E-state index contributed by atoms with van der Waals surface area (Å²) in [4.78, 5) is 13.4. The molecular weight excluding hydrogens is 218 g/mol. The van der Waals surface area contributed by atoms with Crippen molar-refractivity contribution in [1.29, 1.82) is 0 Å². The third-order valence-electron chi connectivity index (χ3n) is 2.16. The van der Waals surface area contributed by atoms with E-state index in [1.807, 2.05) is 14.1 Å². The van der Waals surface area contributed by atoms with Crippen LogP contribution >= 0.6 is 0 Å². The Morgan fingerprint density at radius 1 is 1.24 bits per heavy atom. The molecule has 0 unspecified atom stereocenters. The molecule has 102 valence electrons. The first-order chi connectivity index (χ1) is 8.02. The largest absolute Gasteiger partial charge is 0.378 e. The molecule has 0 spiro atoms. The average Bonchev–Trinajstić information content (AvgIpc) is 2.22. The van der Waals surface area contributed by atoms with E-state index in [0.717, 1.165) is 13.1 Å². The molecule has 0 aromatic carbocycles. The molecule has 0 atom stereocenters. The van der Waals surface area contributed by atoms with Crippen LogP contribution in [0.3, 0.4) is 0 Å². The summed E-state index contributed by atoms with van der Waals surface area (Å²) in [7, 11) is 4.01. The Morgan fingerprint density at radius 3 is 2.53 bits per heavy atom. The number of likely N-dealkylation sites (N-methyl/N-ethyl adjacent to an activating group) is 1. The lowest BCUT2D eigenvalue weighted by molar-refractivity contribution is -0.121. The van der Waals surface area contributed by atoms with Crippen molar-refractivity contribution in [3.63, 3.8) is 0 Å². The van der Waals surface area contributed by atoms with Gasteiger partial charge in [0.2, 0.25) is 5.91 Å². The predicted molar refractivity (Wildman–Crippen MR) is 70.1 cm³/mol. The highest BCUT2D eigenvalue weighted by atomic mass is 16.5. The Labute approximate surface area is 105 Å². The van der Waals surface area contributed by atoms with Gasteiger partial charge >= 0.3 is 0 Å². The molecule has 0 aromatic rings. The molecule has 0 heterocycles. The predicted octanol–water partition coefficient (Wildman–Crippen LogP) is 0.0689. The van der Waals surface area contributed by atoms with Gasteiger partial charge in [-0.05, 0) is 14.1 Å². The Hall–Kier alpha value is -0.650. The van der Waals surface area contributed by atoms with Gasteiger partial charge < -0.3 is 20.3 Å². The molecule has 0 saturated heterocycles. The molecular formula is C12H27N3O2. The van der Waals surface area contributed by atoms with Crippen LogP contribution in [0.1, 0.15) is 20.3 Å². The number of carbonyl (C=O) groups is 1. The number of nitrogens with zero attached hydrogens (tertiary/aromatic N) is 1. The molecule has 0 fully saturated rings. The highest BCUT2D eigenvalue weighted by molar-refractivity contribution is 5.75. The zero-order valence-corrected chi connectivity index (χ0v) is 11.6. The van der Waals surface area contributed by atoms with E-state index < -0.39 is 0 Å². The highest BCUT2D eigenvalue weighted by Crippen LogP contribution is 1.82. The molecule has 0 aliphatic rings. The zero-order chi connectivity index (χ0) is 13.1. The van der Waals surface area contributed by atoms with Crippen LogP contribution in [0.2, 0.25) is 0 Å². The van der Waals surface area contributed by atoms with E-state index in [0.29, 0.717) is 32.2 Å². The minimum Gasteiger partial charge on any atom is -0.378 e. The fourth-order valence-corrected chi connectivity index (χ4v) is 1.17. The number of hydrogen-bond donors (Lipinski definition) is 2. The summed E-state index contributed by atoms with van der Waals surface area (Å²) in [5.41, 5.74) is 0. The van der Waals surface area contributed by atoms with Crippen molar-refractivity contribution < 1.29 is 9.53 Å². The summed E-state index contributed by atoms with van der Waals surface area (Å²) in [6, 6.07) is 0.428. The fourth-order valence-electron chi connectivity index (χ4n) is 1.17. The summed E-state index contributed by atoms with van der Waals surface area (Å²) in [6.07, 6.45) is 0.524. The number of amides is 1. The highest BCUT2D eigenvalue weighted by Gasteiger charge is 2.00. The smallest absolute Gasteiger partial charge is 0.221 e. The molecule has 0 saturated carbocycles. The maximum absolute atomic E-state index is 11.4. The monoisotopic (exact) mass is 245 g/mol. The second-order valence-corrected chi connectivity index (χ2v) is 4.62. The van der Waals surface area contributed by atoms with E-state index in [4.69, 9.17) is 4.74 Å². The number of carbonyl (C=O) groups excluding carboxylic acids is 1. The van der Waals surface area contributed by atoms with Crippen molar-refractivity contribution in [2.75, 3.05) is 46.9 Å². The van der Waals surface area contributed by atoms with E-state index >= 15 is 0 Å². The number of rotatable bonds is 10. The molecule has 0 aliphatic heterocycles. The zero-order valence-electron chi connectivity index (χ0n) is 11.6. The van der Waals surface area contributed by atoms with Crippen LogP contribution in [0.25, 0.3) is 0 Å². The van der Waals surface area contributed by atoms with E-state index in [1.165, 1.54) is 0 Å². The minimum absolute atomic E-state index is 0.0781. The van der Waals surface area contributed by atoms with Gasteiger partial charge in [0.1, 0.15) is 0 Å². The van der Waals surface area contributed by atoms with Crippen molar-refractivity contribution in [1.82, 2.24) is 15.5 Å². The van der Waals surface area contributed by atoms with E-state index in [1.54, 1.807) is 0 Å². The second kappa shape index (κ2) is 10.5. The number of ether oxygens (including phenoxy) is 1. The summed E-state index contributed by atoms with van der Waals surface area (Å²) in [5.74, 6) is 0.0781. The summed E-state index contributed by atoms with van der Waals surface area (Å²) >= 11 is 0. The first-order valence-electron chi connectivity index (χ1n) is 6.25. The summed E-state index contributed by atoms with van der Waals surface area (Å²) in [5, 5.41) is 6.03. The van der Waals surface area contributed by atoms with Gasteiger partial charge in [-0.2, -0.15) is 0 Å². The van der Waals surface area contributed by atoms with E-state index in [-0.39, 0.29) is 5.91 Å². The van der Waals surface area contributed by atoms with Crippen LogP contribution in [0.5, 0.6) is 0 Å². The van der Waals surface area contributed by atoms with Crippen LogP contribution in [0.15, 0.2) is 0 Å². The van der Waals surface area contributed by atoms with Crippen molar-refractivity contribution in [3.8, 4) is 0 Å². The van der Waals surface area contributed by atoms with E-state index in [2.05, 4.69) is 29.4 Å². The van der Waals surface area contributed by atoms with Crippen LogP contribution in [0, 0.1) is 0 Å². The molecule has 0 bridgehead atoms. The van der Waals surface area contributed by atoms with E-state index in [9.17, 15) is 4.79 Å². The van der Waals surface area contributed by atoms with Gasteiger partial charge in [-0.15, -0.1) is 0 Å². The van der Waals surface area contributed by atoms with Crippen LogP contribution in [-0.2, 0) is 9.53 Å². The molecule has 5 heteroatoms. The lowest BCUT2D eigenvalue weighted by Gasteiger charge is -2.11. The average molecular weight is 245 g/mol. The van der Waals surface area contributed by atoms with Gasteiger partial charge in [0.15, 0.2) is 0 Å². The SMILES string of the molecule is CC(C)NCCC(=O)NCCOCCN(C)C. The Bertz CT molecular complexity index is 196. The lowest BCUT2D eigenvalue weighted by atomic mass is 10.3. The van der Waals surface area contributed by atoms with Gasteiger partial charge in [0.25, 0.3) is 0 Å². The molecule has 1 amide bonds. The maximum atomic E-state index is 11.4. The molecule has 17 heavy (non-hydrogen) atoms. The molecule has 2 N–H and O–H groups in total. The van der Waals surface area contributed by atoms with Crippen LogP contribution in [-0.4, -0.2) is 63.8 Å². The standard InChI is InChI=1S/C12H27N3O2/c1-11(2)13-6-5-12(16)14-7-9-17-10-8-15(3)4/h11,13H,5-10H2,1-4H3,(H,14,16). The Kier molecular flexibility index (Phi) is 10.1. The maximum Gasteiger partial charge on any atom is 0.221 e. The molecule has 5 nitrogen and oxygen atoms in total. The van der Waals surface area contributed by atoms with Gasteiger partial charge in [-0.1, -0.05) is 13.8 Å². The van der Waals surface area contributed by atoms with Gasteiger partial charge in [0, 0.05) is 32.1 Å². The molecule has 0 aromatic heterocycles. The van der Waals surface area contributed by atoms with Gasteiger partial charge in [0.05, 0.1) is 13.2 Å². The van der Waals surface area contributed by atoms with Crippen molar-refractivity contribution in [2.24, 2.45) is 0 Å². The third-order valence-corrected chi connectivity index (χ3v) is 2.16. The summed E-state index contributed by atoms with van der Waals surface area (Å²) in [6.45, 7) is 7.65.